The number of fused-ring (bicyclic) bond motifs is 1. The van der Waals surface area contributed by atoms with E-state index < -0.39 is 0 Å². The van der Waals surface area contributed by atoms with Gasteiger partial charge in [-0.25, -0.2) is 0 Å². The molecule has 0 spiro atoms. The van der Waals surface area contributed by atoms with Crippen LogP contribution in [0.25, 0.3) is 10.8 Å². The molecular weight excluding hydrogens is 228 g/mol. The van der Waals surface area contributed by atoms with Crippen LogP contribution in [0.15, 0.2) is 36.4 Å². The molecule has 0 aliphatic rings. The number of carbonyl (C=O) groups excluding carboxylic acids is 1. The average molecular weight is 240 g/mol. The van der Waals surface area contributed by atoms with E-state index in [9.17, 15) is 4.79 Å². The lowest BCUT2D eigenvalue weighted by Crippen LogP contribution is -2.09. The van der Waals surface area contributed by atoms with Crippen molar-refractivity contribution in [2.75, 3.05) is 6.61 Å². The first kappa shape index (κ1) is 11.9. The van der Waals surface area contributed by atoms with E-state index in [-0.39, 0.29) is 6.61 Å². The highest BCUT2D eigenvalue weighted by molar-refractivity contribution is 5.84. The molecule has 0 aromatic heterocycles. The van der Waals surface area contributed by atoms with Crippen molar-refractivity contribution in [2.24, 2.45) is 0 Å². The molecule has 0 atom stereocenters. The van der Waals surface area contributed by atoms with Gasteiger partial charge in [0.05, 0.1) is 0 Å². The Bertz CT molecular complexity index is 602. The van der Waals surface area contributed by atoms with Crippen LogP contribution in [0.3, 0.4) is 0 Å². The zero-order valence-corrected chi connectivity index (χ0v) is 9.72. The van der Waals surface area contributed by atoms with Gasteiger partial charge in [-0.2, -0.15) is 5.26 Å². The van der Waals surface area contributed by atoms with Crippen LogP contribution in [0.1, 0.15) is 5.56 Å². The number of nitrogens with zero attached hydrogens (tertiary/aromatic N) is 1. The monoisotopic (exact) mass is 240 g/mol. The van der Waals surface area contributed by atoms with Crippen molar-refractivity contribution in [3.8, 4) is 11.8 Å². The van der Waals surface area contributed by atoms with E-state index in [1.807, 2.05) is 42.5 Å². The van der Waals surface area contributed by atoms with Gasteiger partial charge in [-0.05, 0) is 34.5 Å². The second kappa shape index (κ2) is 5.69. The van der Waals surface area contributed by atoms with Crippen molar-refractivity contribution in [3.05, 3.63) is 42.0 Å². The Labute approximate surface area is 105 Å². The first-order chi connectivity index (χ1) is 8.83. The van der Waals surface area contributed by atoms with Crippen LogP contribution in [0.4, 0.5) is 0 Å². The summed E-state index contributed by atoms with van der Waals surface area (Å²) in [5.74, 6) is 0.683. The summed E-state index contributed by atoms with van der Waals surface area (Å²) in [6, 6.07) is 13.5. The lowest BCUT2D eigenvalue weighted by molar-refractivity contribution is -0.109. The zero-order valence-electron chi connectivity index (χ0n) is 9.72. The molecular formula is C14H12N2O2. The fraction of sp³-hybridized carbons (Fsp3) is 0.143. The van der Waals surface area contributed by atoms with Gasteiger partial charge in [0.1, 0.15) is 11.8 Å². The summed E-state index contributed by atoms with van der Waals surface area (Å²) in [5, 5.41) is 13.2. The van der Waals surface area contributed by atoms with Crippen molar-refractivity contribution >= 4 is 17.2 Å². The van der Waals surface area contributed by atoms with Gasteiger partial charge in [0.2, 0.25) is 6.41 Å². The van der Waals surface area contributed by atoms with Crippen LogP contribution in [-0.2, 0) is 11.3 Å². The number of hydrogen-bond donors (Lipinski definition) is 1. The Balaban J connectivity index is 2.24. The molecule has 90 valence electrons. The second-order valence-electron chi connectivity index (χ2n) is 3.79. The smallest absolute Gasteiger partial charge is 0.207 e. The Hall–Kier alpha value is -2.54. The van der Waals surface area contributed by atoms with Crippen molar-refractivity contribution in [2.45, 2.75) is 6.54 Å². The predicted molar refractivity (Wildman–Crippen MR) is 68.0 cm³/mol. The van der Waals surface area contributed by atoms with Gasteiger partial charge >= 0.3 is 0 Å². The molecule has 0 saturated carbocycles. The van der Waals surface area contributed by atoms with Crippen LogP contribution in [-0.4, -0.2) is 13.0 Å². The van der Waals surface area contributed by atoms with E-state index >= 15 is 0 Å². The third-order valence-electron chi connectivity index (χ3n) is 2.57. The maximum atomic E-state index is 10.2. The highest BCUT2D eigenvalue weighted by Crippen LogP contribution is 2.22. The summed E-state index contributed by atoms with van der Waals surface area (Å²) in [6.45, 7) is 0.568. The average Bonchev–Trinajstić information content (AvgIpc) is 2.42. The second-order valence-corrected chi connectivity index (χ2v) is 3.79. The molecule has 1 N–H and O–H groups in total. The van der Waals surface area contributed by atoms with Crippen molar-refractivity contribution in [1.82, 2.24) is 5.32 Å². The number of nitriles is 1. The minimum absolute atomic E-state index is 0.0485. The van der Waals surface area contributed by atoms with Gasteiger partial charge in [-0.15, -0.1) is 0 Å². The predicted octanol–water partition coefficient (Wildman–Crippen LogP) is 1.99. The van der Waals surface area contributed by atoms with Crippen LogP contribution in [0.5, 0.6) is 5.75 Å². The van der Waals surface area contributed by atoms with E-state index in [1.54, 1.807) is 0 Å². The first-order valence-corrected chi connectivity index (χ1v) is 5.53. The van der Waals surface area contributed by atoms with Gasteiger partial charge in [-0.3, -0.25) is 4.79 Å². The Kier molecular flexibility index (Phi) is 3.77. The number of rotatable bonds is 5. The number of ether oxygens (including phenoxy) is 1. The normalized spacial score (nSPS) is 9.72. The summed E-state index contributed by atoms with van der Waals surface area (Å²) >= 11 is 0. The molecule has 0 unspecified atom stereocenters. The first-order valence-electron chi connectivity index (χ1n) is 5.53. The quantitative estimate of drug-likeness (QED) is 0.813. The molecule has 2 aromatic carbocycles. The molecule has 4 nitrogen and oxygen atoms in total. The minimum Gasteiger partial charge on any atom is -0.479 e. The lowest BCUT2D eigenvalue weighted by atomic mass is 10.1. The van der Waals surface area contributed by atoms with Gasteiger partial charge in [-0.1, -0.05) is 18.2 Å². The molecule has 4 heteroatoms. The Morgan fingerprint density at radius 3 is 2.78 bits per heavy atom. The molecule has 2 aromatic rings. The maximum Gasteiger partial charge on any atom is 0.207 e. The summed E-state index contributed by atoms with van der Waals surface area (Å²) in [6.07, 6.45) is 0.684. The van der Waals surface area contributed by atoms with Crippen LogP contribution < -0.4 is 10.1 Å². The number of hydrogen-bond acceptors (Lipinski definition) is 3. The van der Waals surface area contributed by atoms with Crippen LogP contribution >= 0.6 is 0 Å². The molecule has 1 amide bonds. The number of benzene rings is 2. The van der Waals surface area contributed by atoms with Gasteiger partial charge in [0.25, 0.3) is 0 Å². The van der Waals surface area contributed by atoms with Gasteiger partial charge in [0.15, 0.2) is 6.61 Å². The largest absolute Gasteiger partial charge is 0.479 e. The van der Waals surface area contributed by atoms with Crippen molar-refractivity contribution in [1.29, 1.82) is 5.26 Å². The highest BCUT2D eigenvalue weighted by atomic mass is 16.5. The Morgan fingerprint density at radius 2 is 2.00 bits per heavy atom. The molecule has 0 radical (unpaired) electrons. The van der Waals surface area contributed by atoms with Gasteiger partial charge < -0.3 is 10.1 Å². The van der Waals surface area contributed by atoms with Crippen LogP contribution in [0, 0.1) is 11.3 Å². The van der Waals surface area contributed by atoms with E-state index in [0.29, 0.717) is 18.7 Å². The van der Waals surface area contributed by atoms with Crippen LogP contribution in [0.2, 0.25) is 0 Å². The third kappa shape index (κ3) is 2.77. The molecule has 0 aliphatic carbocycles. The topological polar surface area (TPSA) is 62.1 Å². The summed E-state index contributed by atoms with van der Waals surface area (Å²) < 4.78 is 5.24. The molecule has 0 bridgehead atoms. The van der Waals surface area contributed by atoms with E-state index in [2.05, 4.69) is 5.32 Å². The molecule has 0 saturated heterocycles. The molecule has 2 rings (SSSR count). The standard InChI is InChI=1S/C14H12N2O2/c15-5-6-18-14-4-3-12-7-11(9-16-10-17)1-2-13(12)8-14/h1-4,7-8,10H,6,9H2,(H,16,17). The van der Waals surface area contributed by atoms with Crippen molar-refractivity contribution in [3.63, 3.8) is 0 Å². The molecule has 0 heterocycles. The van der Waals surface area contributed by atoms with Gasteiger partial charge in [0, 0.05) is 6.54 Å². The molecule has 0 fully saturated rings. The number of nitrogens with one attached hydrogen (secondary N) is 1. The summed E-state index contributed by atoms with van der Waals surface area (Å²) in [7, 11) is 0. The number of carbonyl (C=O) groups is 1. The SMILES string of the molecule is N#CCOc1ccc2cc(CNC=O)ccc2c1. The maximum absolute atomic E-state index is 10.2. The zero-order chi connectivity index (χ0) is 12.8. The minimum atomic E-state index is 0.0485. The van der Waals surface area contributed by atoms with E-state index in [4.69, 9.17) is 10.00 Å². The summed E-state index contributed by atoms with van der Waals surface area (Å²) in [5.41, 5.74) is 1.04. The third-order valence-corrected chi connectivity index (χ3v) is 2.57. The fourth-order valence-corrected chi connectivity index (χ4v) is 1.75. The Morgan fingerprint density at radius 1 is 1.22 bits per heavy atom. The molecule has 18 heavy (non-hydrogen) atoms. The fourth-order valence-electron chi connectivity index (χ4n) is 1.75. The lowest BCUT2D eigenvalue weighted by Gasteiger charge is -2.06. The van der Waals surface area contributed by atoms with E-state index in [1.165, 1.54) is 0 Å². The summed E-state index contributed by atoms with van der Waals surface area (Å²) in [4.78, 5) is 10.2. The van der Waals surface area contributed by atoms with Crippen molar-refractivity contribution < 1.29 is 9.53 Å². The van der Waals surface area contributed by atoms with E-state index in [0.717, 1.165) is 16.3 Å². The molecule has 0 aliphatic heterocycles. The highest BCUT2D eigenvalue weighted by Gasteiger charge is 1.99. The number of amides is 1.